The highest BCUT2D eigenvalue weighted by atomic mass is 32.2. The highest BCUT2D eigenvalue weighted by molar-refractivity contribution is 8.18. The van der Waals surface area contributed by atoms with Gasteiger partial charge < -0.3 is 61.6 Å². The van der Waals surface area contributed by atoms with Crippen molar-refractivity contribution >= 4 is 150 Å². The van der Waals surface area contributed by atoms with Gasteiger partial charge in [0.2, 0.25) is 29.9 Å². The van der Waals surface area contributed by atoms with Crippen molar-refractivity contribution in [1.82, 2.24) is 9.80 Å². The van der Waals surface area contributed by atoms with Gasteiger partial charge in [0.25, 0.3) is 0 Å². The zero-order valence-corrected chi connectivity index (χ0v) is 77.2. The molecule has 17 heterocycles. The van der Waals surface area contributed by atoms with E-state index < -0.39 is 6.29 Å². The van der Waals surface area contributed by atoms with Gasteiger partial charge in [-0.05, 0) is 192 Å². The van der Waals surface area contributed by atoms with E-state index in [4.69, 9.17) is 66.6 Å². The molecule has 8 saturated heterocycles. The van der Waals surface area contributed by atoms with Crippen LogP contribution in [0.1, 0.15) is 240 Å². The van der Waals surface area contributed by atoms with Gasteiger partial charge in [-0.15, -0.1) is 104 Å². The van der Waals surface area contributed by atoms with Crippen molar-refractivity contribution in [3.8, 4) is 0 Å². The number of aliphatic imine (C=N–C) groups is 4. The van der Waals surface area contributed by atoms with Crippen LogP contribution < -0.4 is 0 Å². The average molecular weight is 1840 g/mol. The number of para-hydroxylation sites is 4. The first-order valence-corrected chi connectivity index (χ1v) is 52.7. The van der Waals surface area contributed by atoms with E-state index in [0.29, 0.717) is 74.3 Å². The number of methoxy groups -OCH3 is 1. The number of nitrogens with zero attached hydrogens (tertiary/aromatic N) is 6. The van der Waals surface area contributed by atoms with Crippen molar-refractivity contribution in [3.63, 3.8) is 0 Å². The summed E-state index contributed by atoms with van der Waals surface area (Å²) in [6, 6.07) is 53.4. The fourth-order valence-corrected chi connectivity index (χ4v) is 32.0. The Hall–Kier alpha value is -5.78. The summed E-state index contributed by atoms with van der Waals surface area (Å²) in [4.78, 5) is 34.8. The largest absolute Gasteiger partial charge is 0.472 e. The van der Waals surface area contributed by atoms with Crippen LogP contribution in [-0.4, -0.2) is 127 Å². The maximum atomic E-state index is 6.17. The molecule has 12 fully saturated rings. The van der Waals surface area contributed by atoms with Crippen molar-refractivity contribution in [1.29, 1.82) is 0 Å². The van der Waals surface area contributed by atoms with Gasteiger partial charge in [0.05, 0.1) is 96.4 Å². The Labute approximate surface area is 763 Å². The average Bonchev–Trinajstić information content (AvgIpc) is 1.38. The minimum atomic E-state index is -0.468. The molecular formula is C96H106N6O13S9. The van der Waals surface area contributed by atoms with E-state index in [2.05, 4.69) is 120 Å². The molecule has 0 amide bonds. The smallest absolute Gasteiger partial charge is 0.234 e. The number of ether oxygens (including phenoxy) is 13. The van der Waals surface area contributed by atoms with Crippen molar-refractivity contribution in [2.24, 2.45) is 43.6 Å². The Morgan fingerprint density at radius 3 is 1.28 bits per heavy atom. The topological polar surface area (TPSA) is 176 Å². The van der Waals surface area contributed by atoms with Gasteiger partial charge in [-0.1, -0.05) is 111 Å². The maximum absolute atomic E-state index is 6.17. The third kappa shape index (κ3) is 19.2. The van der Waals surface area contributed by atoms with E-state index >= 15 is 0 Å². The fraction of sp³-hybridized carbons (Fsp3) is 0.500. The molecule has 18 unspecified atom stereocenters. The predicted octanol–water partition coefficient (Wildman–Crippen LogP) is 25.2. The molecule has 0 bridgehead atoms. The summed E-state index contributed by atoms with van der Waals surface area (Å²) in [5, 5.41) is 1.90. The minimum absolute atomic E-state index is 0.0396. The van der Waals surface area contributed by atoms with Crippen LogP contribution in [-0.2, 0) is 74.8 Å². The van der Waals surface area contributed by atoms with Gasteiger partial charge in [-0.3, -0.25) is 9.80 Å². The second kappa shape index (κ2) is 39.5. The van der Waals surface area contributed by atoms with Gasteiger partial charge >= 0.3 is 0 Å². The summed E-state index contributed by atoms with van der Waals surface area (Å²) in [6.07, 6.45) is 23.6. The molecule has 25 rings (SSSR count). The lowest BCUT2D eigenvalue weighted by molar-refractivity contribution is -0.278. The van der Waals surface area contributed by atoms with E-state index in [1.165, 1.54) is 114 Å². The Bertz CT molecular complexity index is 4980. The van der Waals surface area contributed by atoms with Crippen LogP contribution in [0.2, 0.25) is 0 Å². The molecule has 12 aliphatic heterocycles. The molecule has 18 atom stereocenters. The lowest BCUT2D eigenvalue weighted by atomic mass is 9.90. The molecule has 4 saturated carbocycles. The number of benzene rings is 4. The van der Waals surface area contributed by atoms with E-state index in [1.807, 2.05) is 128 Å². The van der Waals surface area contributed by atoms with Crippen LogP contribution >= 0.6 is 104 Å². The molecule has 9 aromatic rings. The lowest BCUT2D eigenvalue weighted by Gasteiger charge is -2.38. The number of rotatable bonds is 11. The zero-order chi connectivity index (χ0) is 82.8. The van der Waals surface area contributed by atoms with Crippen molar-refractivity contribution in [2.75, 3.05) is 58.4 Å². The molecule has 28 heteroatoms. The number of thiophene rings is 5. The fourth-order valence-electron chi connectivity index (χ4n) is 19.4. The number of thioether (sulfide) groups is 4. The Morgan fingerprint density at radius 2 is 0.774 bits per heavy atom. The number of hydrogen-bond donors (Lipinski definition) is 0. The van der Waals surface area contributed by atoms with Crippen molar-refractivity contribution < 1.29 is 61.6 Å². The van der Waals surface area contributed by atoms with E-state index in [0.717, 1.165) is 155 Å². The summed E-state index contributed by atoms with van der Waals surface area (Å²) in [5.74, 6) is 8.54. The first-order chi connectivity index (χ1) is 61.2. The van der Waals surface area contributed by atoms with Gasteiger partial charge in [0.15, 0.2) is 25.2 Å². The molecule has 5 aromatic heterocycles. The second-order valence-electron chi connectivity index (χ2n) is 34.3. The molecule has 124 heavy (non-hydrogen) atoms. The lowest BCUT2D eigenvalue weighted by Crippen LogP contribution is -2.40. The molecule has 4 aromatic carbocycles. The number of hydrogen-bond acceptors (Lipinski definition) is 28. The van der Waals surface area contributed by atoms with Gasteiger partial charge in [-0.2, -0.15) is 0 Å². The monoisotopic (exact) mass is 1840 g/mol. The minimum Gasteiger partial charge on any atom is -0.472 e. The van der Waals surface area contributed by atoms with Crippen LogP contribution in [0.3, 0.4) is 0 Å². The van der Waals surface area contributed by atoms with Gasteiger partial charge in [0, 0.05) is 74.5 Å². The molecular weight excluding hydrogens is 1730 g/mol. The van der Waals surface area contributed by atoms with Gasteiger partial charge in [-0.25, -0.2) is 20.0 Å². The van der Waals surface area contributed by atoms with E-state index in [9.17, 15) is 0 Å². The Balaban J connectivity index is 0.0000000952. The highest BCUT2D eigenvalue weighted by Gasteiger charge is 2.43. The second-order valence-corrected chi connectivity index (χ2v) is 45.5. The van der Waals surface area contributed by atoms with E-state index in [1.54, 1.807) is 62.2 Å². The van der Waals surface area contributed by atoms with Crippen LogP contribution in [0.15, 0.2) is 178 Å². The maximum Gasteiger partial charge on any atom is 0.234 e. The molecule has 16 aliphatic rings. The normalized spacial score (nSPS) is 31.2. The highest BCUT2D eigenvalue weighted by Crippen LogP contribution is 2.59. The summed E-state index contributed by atoms with van der Waals surface area (Å²) >= 11 is 17.8. The van der Waals surface area contributed by atoms with Crippen LogP contribution in [0.4, 0.5) is 22.7 Å². The summed E-state index contributed by atoms with van der Waals surface area (Å²) in [7, 11) is 1.63. The van der Waals surface area contributed by atoms with E-state index in [-0.39, 0.29) is 43.7 Å². The molecule has 652 valence electrons. The standard InChI is InChI=1S/C22H18N2O3S.C20H14N2O2S.C20H28S5.C18H24O4S.C16H22N2O4S/c1-13-14-7-3-5-9-16(14)23-20(26-13)18-11-12-19(28-18)21-24-17-10-6-4-8-15(17)22(25-2)27-21;1-3-7-15-13(5-1)11-23-19(21-15)17-9-10-18(25-17)20-22-16-8-4-2-6-14(16)12-24-20;1-3-7-15-13(5-1)11-21-19(24-15)17-9-10-18(23-17)20-22-12-14-6-2-4-8-16(14)25-20;1-3-11-9-19-17(21-13(11)5-1)15-7-8-16(23-15)18-20-10-12-4-2-6-14(12)22-18;1-3-13-17(7-1)9-19-15(21-13)11-5-6-12(23-11)16-20-10-18-8-2-4-14(18)22-16/h3-13,22H,1-2H3;1-10H,11-12H2;9-10,13-16,19-20H,1-8,11-12H2;7-8,11-14,17-18H,1-6,9-10H2;5-6,13-16H,1-4,7-10H2. The SMILES string of the molecule is COC1OC(c2ccc(C3=Nc4ccccc4C(C)O3)s2)=Nc2ccccc21.c1cc(C2OCC3CCCC3O2)sc1C1OCC2CCCC2O1.c1cc(C2OCN3CCCC3O2)sc1C1OCN2CCCC2O1.c1cc(C2SCC3CCCCC3S2)sc1C1SCC2CCCCC2S1.c1ccc2c(c1)COC(c1ccc(C3=Nc4ccccc4CO3)s1)=N2. The van der Waals surface area contributed by atoms with Crippen LogP contribution in [0.5, 0.6) is 0 Å². The van der Waals surface area contributed by atoms with Crippen molar-refractivity contribution in [3.05, 3.63) is 229 Å². The first kappa shape index (κ1) is 85.0. The summed E-state index contributed by atoms with van der Waals surface area (Å²) in [5.41, 5.74) is 8.00. The Kier molecular flexibility index (Phi) is 27.1. The molecule has 0 N–H and O–H groups in total. The third-order valence-electron chi connectivity index (χ3n) is 26.1. The van der Waals surface area contributed by atoms with Crippen LogP contribution in [0.25, 0.3) is 0 Å². The number of fused-ring (bicyclic) bond motifs is 10. The quantitative estimate of drug-likeness (QED) is 0.119. The summed E-state index contributed by atoms with van der Waals surface area (Å²) in [6.45, 7) is 8.29. The summed E-state index contributed by atoms with van der Waals surface area (Å²) < 4.78 is 78.8. The first-order valence-electron chi connectivity index (χ1n) is 44.6. The van der Waals surface area contributed by atoms with Crippen molar-refractivity contribution in [2.45, 2.75) is 218 Å². The third-order valence-corrected chi connectivity index (χ3v) is 39.1. The molecule has 4 aliphatic carbocycles. The molecule has 0 radical (unpaired) electrons. The predicted molar refractivity (Wildman–Crippen MR) is 500 cm³/mol. The zero-order valence-electron chi connectivity index (χ0n) is 69.9. The molecule has 0 spiro atoms. The molecule has 19 nitrogen and oxygen atoms in total. The van der Waals surface area contributed by atoms with Gasteiger partial charge in [0.1, 0.15) is 45.2 Å². The van der Waals surface area contributed by atoms with Crippen LogP contribution in [0, 0.1) is 23.7 Å². The Morgan fingerprint density at radius 1 is 0.363 bits per heavy atom.